The molecule has 0 aliphatic carbocycles. The Morgan fingerprint density at radius 2 is 2.06 bits per heavy atom. The number of carbonyl (C=O) groups excluding carboxylic acids is 1. The maximum absolute atomic E-state index is 11.9. The lowest BCUT2D eigenvalue weighted by Gasteiger charge is -2.18. The van der Waals surface area contributed by atoms with E-state index in [-0.39, 0.29) is 36.8 Å². The fourth-order valence-corrected chi connectivity index (χ4v) is 4.81. The number of hydrogen-bond acceptors (Lipinski definition) is 8. The van der Waals surface area contributed by atoms with Crippen LogP contribution in [-0.4, -0.2) is 89.3 Å². The summed E-state index contributed by atoms with van der Waals surface area (Å²) in [6, 6.07) is 8.05. The maximum atomic E-state index is 11.9. The summed E-state index contributed by atoms with van der Waals surface area (Å²) < 4.78 is 18.7. The van der Waals surface area contributed by atoms with Crippen molar-refractivity contribution in [1.82, 2.24) is 30.4 Å². The largest absolute Gasteiger partial charge is 0.375 e. The molecule has 3 saturated heterocycles. The number of carbonyl (C=O) groups is 1. The second-order valence-corrected chi connectivity index (χ2v) is 8.40. The highest BCUT2D eigenvalue weighted by Crippen LogP contribution is 2.35. The van der Waals surface area contributed by atoms with Crippen molar-refractivity contribution in [3.05, 3.63) is 29.8 Å². The van der Waals surface area contributed by atoms with Gasteiger partial charge in [-0.25, -0.2) is 4.68 Å². The summed E-state index contributed by atoms with van der Waals surface area (Å²) in [6.07, 6.45) is 2.09. The van der Waals surface area contributed by atoms with Gasteiger partial charge in [0, 0.05) is 19.2 Å². The molecule has 3 aliphatic rings. The van der Waals surface area contributed by atoms with Crippen molar-refractivity contribution in [2.45, 2.75) is 43.7 Å². The number of fused-ring (bicyclic) bond motifs is 1. The molecule has 10 nitrogen and oxygen atoms in total. The van der Waals surface area contributed by atoms with Crippen molar-refractivity contribution >= 4 is 5.91 Å². The fourth-order valence-electron chi connectivity index (χ4n) is 4.81. The summed E-state index contributed by atoms with van der Waals surface area (Å²) in [6.45, 7) is 4.09. The first-order valence-electron chi connectivity index (χ1n) is 10.8. The predicted molar refractivity (Wildman–Crippen MR) is 110 cm³/mol. The van der Waals surface area contributed by atoms with Gasteiger partial charge in [-0.3, -0.25) is 9.69 Å². The minimum absolute atomic E-state index is 0.0161. The van der Waals surface area contributed by atoms with Gasteiger partial charge in [0.15, 0.2) is 5.82 Å². The Morgan fingerprint density at radius 3 is 2.90 bits per heavy atom. The third kappa shape index (κ3) is 4.20. The van der Waals surface area contributed by atoms with E-state index < -0.39 is 0 Å². The number of amides is 1. The zero-order valence-corrected chi connectivity index (χ0v) is 17.6. The summed E-state index contributed by atoms with van der Waals surface area (Å²) in [5.41, 5.74) is 2.24. The molecule has 10 heteroatoms. The summed E-state index contributed by atoms with van der Waals surface area (Å²) in [5, 5.41) is 15.4. The highest BCUT2D eigenvalue weighted by molar-refractivity contribution is 5.77. The topological polar surface area (TPSA) is 104 Å². The van der Waals surface area contributed by atoms with Gasteiger partial charge in [-0.05, 0) is 48.0 Å². The maximum Gasteiger partial charge on any atom is 0.246 e. The van der Waals surface area contributed by atoms with E-state index in [0.717, 1.165) is 25.2 Å². The first kappa shape index (κ1) is 20.5. The number of ether oxygens (including phenoxy) is 3. The van der Waals surface area contributed by atoms with Crippen LogP contribution >= 0.6 is 0 Å². The lowest BCUT2D eigenvalue weighted by atomic mass is 10.1. The van der Waals surface area contributed by atoms with E-state index in [0.29, 0.717) is 19.0 Å². The van der Waals surface area contributed by atoms with Gasteiger partial charge >= 0.3 is 0 Å². The summed E-state index contributed by atoms with van der Waals surface area (Å²) in [7, 11) is 1.50. The van der Waals surface area contributed by atoms with Crippen LogP contribution in [0.15, 0.2) is 24.3 Å². The molecule has 1 N–H and O–H groups in total. The highest BCUT2D eigenvalue weighted by atomic mass is 16.6. The number of aromatic nitrogens is 4. The van der Waals surface area contributed by atoms with Crippen LogP contribution in [0.5, 0.6) is 0 Å². The first-order valence-corrected chi connectivity index (χ1v) is 10.8. The Bertz CT molecular complexity index is 915. The van der Waals surface area contributed by atoms with Crippen molar-refractivity contribution in [2.24, 2.45) is 0 Å². The average molecular weight is 428 g/mol. The molecule has 0 radical (unpaired) electrons. The quantitative estimate of drug-likeness (QED) is 0.676. The van der Waals surface area contributed by atoms with E-state index in [1.54, 1.807) is 4.68 Å². The number of methoxy groups -OCH3 is 1. The third-order valence-corrected chi connectivity index (χ3v) is 6.25. The van der Waals surface area contributed by atoms with E-state index >= 15 is 0 Å². The van der Waals surface area contributed by atoms with Crippen molar-refractivity contribution in [1.29, 1.82) is 0 Å². The lowest BCUT2D eigenvalue weighted by Crippen LogP contribution is -2.45. The van der Waals surface area contributed by atoms with Gasteiger partial charge in [-0.15, -0.1) is 5.10 Å². The number of tetrazole rings is 1. The Balaban J connectivity index is 1.31. The molecule has 1 amide bonds. The van der Waals surface area contributed by atoms with Gasteiger partial charge < -0.3 is 19.5 Å². The van der Waals surface area contributed by atoms with Gasteiger partial charge in [0.25, 0.3) is 0 Å². The van der Waals surface area contributed by atoms with Crippen molar-refractivity contribution in [2.75, 3.05) is 40.0 Å². The second kappa shape index (κ2) is 8.99. The van der Waals surface area contributed by atoms with E-state index in [9.17, 15) is 4.79 Å². The van der Waals surface area contributed by atoms with Crippen LogP contribution in [0, 0.1) is 0 Å². The molecule has 2 aromatic rings. The van der Waals surface area contributed by atoms with Crippen LogP contribution < -0.4 is 5.32 Å². The van der Waals surface area contributed by atoms with Crippen LogP contribution in [0.1, 0.15) is 24.4 Å². The third-order valence-electron chi connectivity index (χ3n) is 6.25. The van der Waals surface area contributed by atoms with Crippen LogP contribution in [0.3, 0.4) is 0 Å². The number of nitrogens with one attached hydrogen (secondary N) is 1. The van der Waals surface area contributed by atoms with Gasteiger partial charge in [0.2, 0.25) is 5.91 Å². The molecule has 0 unspecified atom stereocenters. The van der Waals surface area contributed by atoms with Crippen molar-refractivity contribution in [3.63, 3.8) is 0 Å². The fraction of sp³-hybridized carbons (Fsp3) is 0.619. The van der Waals surface area contributed by atoms with Crippen LogP contribution in [0.25, 0.3) is 11.4 Å². The molecule has 4 heterocycles. The second-order valence-electron chi connectivity index (χ2n) is 8.40. The highest BCUT2D eigenvalue weighted by Gasteiger charge is 2.50. The van der Waals surface area contributed by atoms with E-state index in [2.05, 4.69) is 43.9 Å². The number of benzene rings is 1. The average Bonchev–Trinajstić information content (AvgIpc) is 3.55. The Hall–Kier alpha value is -2.40. The number of likely N-dealkylation sites (tertiary alicyclic amines) is 1. The van der Waals surface area contributed by atoms with Crippen LogP contribution in [-0.2, 0) is 25.5 Å². The number of hydrogen-bond donors (Lipinski definition) is 1. The monoisotopic (exact) mass is 428 g/mol. The molecule has 0 spiro atoms. The first-order chi connectivity index (χ1) is 15.2. The van der Waals surface area contributed by atoms with Crippen LogP contribution in [0.2, 0.25) is 0 Å². The molecule has 166 valence electrons. The van der Waals surface area contributed by atoms with Crippen molar-refractivity contribution < 1.29 is 19.0 Å². The van der Waals surface area contributed by atoms with E-state index in [1.165, 1.54) is 25.5 Å². The molecule has 0 bridgehead atoms. The summed E-state index contributed by atoms with van der Waals surface area (Å²) >= 11 is 0. The molecule has 1 aromatic heterocycles. The standard InChI is InChI=1S/C21H28N6O4/c1-29-13-18(28)22-16-11-30-20-17(12-31-19(16)20)27-21(23-24-25-27)15-6-4-5-14(9-15)10-26-7-2-3-8-26/h4-6,9,16-17,19-20H,2-3,7-8,10-13H2,1H3,(H,22,28)/t16-,17+,19-,20+/m1/s1. The SMILES string of the molecule is COCC(=O)N[C@@H]1CO[C@@H]2[C@@H]1OC[C@@H]2n1nnnc1-c1cccc(CN2CCCC2)c1. The molecular formula is C21H28N6O4. The summed E-state index contributed by atoms with van der Waals surface area (Å²) in [4.78, 5) is 14.4. The lowest BCUT2D eigenvalue weighted by molar-refractivity contribution is -0.126. The number of rotatable bonds is 7. The molecule has 3 aliphatic heterocycles. The molecule has 0 saturated carbocycles. The number of nitrogens with zero attached hydrogens (tertiary/aromatic N) is 5. The van der Waals surface area contributed by atoms with Crippen LogP contribution in [0.4, 0.5) is 0 Å². The Morgan fingerprint density at radius 1 is 1.23 bits per heavy atom. The Kier molecular flexibility index (Phi) is 5.95. The van der Waals surface area contributed by atoms with Gasteiger partial charge in [0.1, 0.15) is 24.9 Å². The molecular weight excluding hydrogens is 400 g/mol. The molecule has 31 heavy (non-hydrogen) atoms. The molecule has 4 atom stereocenters. The minimum atomic E-state index is -0.232. The van der Waals surface area contributed by atoms with Crippen molar-refractivity contribution in [3.8, 4) is 11.4 Å². The Labute approximate surface area is 180 Å². The van der Waals surface area contributed by atoms with Gasteiger partial charge in [-0.2, -0.15) is 0 Å². The van der Waals surface area contributed by atoms with E-state index in [1.807, 2.05) is 6.07 Å². The van der Waals surface area contributed by atoms with E-state index in [4.69, 9.17) is 14.2 Å². The van der Waals surface area contributed by atoms with Gasteiger partial charge in [-0.1, -0.05) is 18.2 Å². The zero-order chi connectivity index (χ0) is 21.2. The zero-order valence-electron chi connectivity index (χ0n) is 17.6. The summed E-state index contributed by atoms with van der Waals surface area (Å²) in [5.74, 6) is 0.523. The minimum Gasteiger partial charge on any atom is -0.375 e. The molecule has 3 fully saturated rings. The normalized spacial score (nSPS) is 28.2. The molecule has 1 aromatic carbocycles. The smallest absolute Gasteiger partial charge is 0.246 e. The van der Waals surface area contributed by atoms with Gasteiger partial charge in [0.05, 0.1) is 19.3 Å². The predicted octanol–water partition coefficient (Wildman–Crippen LogP) is 0.406. The molecule has 5 rings (SSSR count).